The highest BCUT2D eigenvalue weighted by atomic mass is 16.5. The fourth-order valence-electron chi connectivity index (χ4n) is 11.2. The molecule has 254 valence electrons. The van der Waals surface area contributed by atoms with E-state index in [1.54, 1.807) is 0 Å². The van der Waals surface area contributed by atoms with Gasteiger partial charge < -0.3 is 4.74 Å². The molecule has 0 saturated heterocycles. The number of ether oxygens (including phenoxy) is 1. The van der Waals surface area contributed by atoms with Gasteiger partial charge >= 0.3 is 0 Å². The van der Waals surface area contributed by atoms with E-state index in [9.17, 15) is 0 Å². The van der Waals surface area contributed by atoms with Crippen molar-refractivity contribution in [3.05, 3.63) is 239 Å². The lowest BCUT2D eigenvalue weighted by atomic mass is 9.64. The van der Waals surface area contributed by atoms with Crippen LogP contribution >= 0.6 is 0 Å². The summed E-state index contributed by atoms with van der Waals surface area (Å²) in [4.78, 5) is 0. The van der Waals surface area contributed by atoms with Gasteiger partial charge in [-0.1, -0.05) is 176 Å². The van der Waals surface area contributed by atoms with Crippen molar-refractivity contribution in [2.75, 3.05) is 0 Å². The third-order valence-electron chi connectivity index (χ3n) is 13.1. The molecule has 3 aliphatic carbocycles. The molecular formula is C54H32O. The van der Waals surface area contributed by atoms with Gasteiger partial charge in [0.15, 0.2) is 0 Å². The van der Waals surface area contributed by atoms with Crippen molar-refractivity contribution in [1.29, 1.82) is 0 Å². The first-order chi connectivity index (χ1) is 27.3. The molecule has 1 aliphatic heterocycles. The number of rotatable bonds is 1. The lowest BCUT2D eigenvalue weighted by Crippen LogP contribution is -2.33. The van der Waals surface area contributed by atoms with Crippen LogP contribution in [0.1, 0.15) is 44.5 Å². The number of fused-ring (bicyclic) bond motifs is 21. The Kier molecular flexibility index (Phi) is 5.56. The van der Waals surface area contributed by atoms with Crippen LogP contribution in [0.4, 0.5) is 0 Å². The van der Waals surface area contributed by atoms with Crippen molar-refractivity contribution in [2.24, 2.45) is 0 Å². The van der Waals surface area contributed by atoms with Crippen LogP contribution < -0.4 is 4.74 Å². The SMILES string of the molecule is c1ccc2c(c1)Oc1cccc(-c3ccc4c(c3)C3(c5ccccc5-4)c4ccccc4-c4ccc5ccccc5c43)c1C21c2ccccc2-c2ccccc21. The van der Waals surface area contributed by atoms with Crippen LogP contribution in [0.2, 0.25) is 0 Å². The van der Waals surface area contributed by atoms with Crippen LogP contribution in [0.25, 0.3) is 55.3 Å². The minimum Gasteiger partial charge on any atom is -0.457 e. The van der Waals surface area contributed by atoms with Crippen LogP contribution in [-0.4, -0.2) is 0 Å². The molecule has 0 amide bonds. The normalized spacial score (nSPS) is 16.7. The van der Waals surface area contributed by atoms with Gasteiger partial charge in [-0.2, -0.15) is 0 Å². The number of hydrogen-bond donors (Lipinski definition) is 0. The zero-order valence-electron chi connectivity index (χ0n) is 29.9. The van der Waals surface area contributed by atoms with Crippen LogP contribution in [0.5, 0.6) is 11.5 Å². The smallest absolute Gasteiger partial charge is 0.132 e. The molecule has 55 heavy (non-hydrogen) atoms. The zero-order valence-corrected chi connectivity index (χ0v) is 29.9. The second kappa shape index (κ2) is 10.4. The van der Waals surface area contributed by atoms with E-state index in [4.69, 9.17) is 4.74 Å². The molecule has 9 aromatic carbocycles. The molecule has 0 bridgehead atoms. The van der Waals surface area contributed by atoms with Gasteiger partial charge in [-0.15, -0.1) is 0 Å². The van der Waals surface area contributed by atoms with Crippen LogP contribution in [0, 0.1) is 0 Å². The molecule has 0 N–H and O–H groups in total. The largest absolute Gasteiger partial charge is 0.457 e. The summed E-state index contributed by atoms with van der Waals surface area (Å²) >= 11 is 0. The molecule has 1 nitrogen and oxygen atoms in total. The second-order valence-electron chi connectivity index (χ2n) is 15.4. The molecule has 1 heterocycles. The van der Waals surface area contributed by atoms with E-state index < -0.39 is 10.8 Å². The predicted molar refractivity (Wildman–Crippen MR) is 223 cm³/mol. The maximum atomic E-state index is 6.93. The molecule has 1 heteroatoms. The van der Waals surface area contributed by atoms with Gasteiger partial charge in [-0.3, -0.25) is 0 Å². The lowest BCUT2D eigenvalue weighted by Gasteiger charge is -2.40. The molecule has 1 atom stereocenters. The van der Waals surface area contributed by atoms with Gasteiger partial charge in [-0.25, -0.2) is 0 Å². The summed E-state index contributed by atoms with van der Waals surface area (Å²) in [7, 11) is 0. The fraction of sp³-hybridized carbons (Fsp3) is 0.0370. The average molecular weight is 697 g/mol. The summed E-state index contributed by atoms with van der Waals surface area (Å²) < 4.78 is 6.93. The Labute approximate surface area is 319 Å². The molecular weight excluding hydrogens is 665 g/mol. The Bertz CT molecular complexity index is 3090. The summed E-state index contributed by atoms with van der Waals surface area (Å²) in [6.45, 7) is 0. The van der Waals surface area contributed by atoms with Gasteiger partial charge in [0.05, 0.1) is 10.8 Å². The first-order valence-electron chi connectivity index (χ1n) is 19.3. The van der Waals surface area contributed by atoms with Crippen molar-refractivity contribution < 1.29 is 4.74 Å². The van der Waals surface area contributed by atoms with Gasteiger partial charge in [0.2, 0.25) is 0 Å². The lowest BCUT2D eigenvalue weighted by molar-refractivity contribution is 0.437. The summed E-state index contributed by atoms with van der Waals surface area (Å²) in [6.07, 6.45) is 0. The number of benzene rings is 9. The topological polar surface area (TPSA) is 9.23 Å². The van der Waals surface area contributed by atoms with E-state index in [2.05, 4.69) is 194 Å². The first-order valence-corrected chi connectivity index (χ1v) is 19.3. The van der Waals surface area contributed by atoms with Crippen LogP contribution in [-0.2, 0) is 10.8 Å². The predicted octanol–water partition coefficient (Wildman–Crippen LogP) is 13.3. The zero-order chi connectivity index (χ0) is 35.9. The van der Waals surface area contributed by atoms with Gasteiger partial charge in [0, 0.05) is 11.1 Å². The summed E-state index contributed by atoms with van der Waals surface area (Å²) in [6, 6.07) is 72.4. The van der Waals surface area contributed by atoms with E-state index in [1.165, 1.54) is 99.8 Å². The minimum atomic E-state index is -0.559. The average Bonchev–Trinajstić information content (AvgIpc) is 3.84. The van der Waals surface area contributed by atoms with Crippen LogP contribution in [0.15, 0.2) is 194 Å². The van der Waals surface area contributed by atoms with Gasteiger partial charge in [0.25, 0.3) is 0 Å². The Morgan fingerprint density at radius 1 is 0.291 bits per heavy atom. The first kappa shape index (κ1) is 29.5. The summed E-state index contributed by atoms with van der Waals surface area (Å²) in [5.41, 5.74) is 19.6. The highest BCUT2D eigenvalue weighted by Gasteiger charge is 2.54. The molecule has 13 rings (SSSR count). The molecule has 0 fully saturated rings. The number of para-hydroxylation sites is 1. The van der Waals surface area contributed by atoms with Crippen molar-refractivity contribution in [1.82, 2.24) is 0 Å². The molecule has 9 aromatic rings. The quantitative estimate of drug-likeness (QED) is 0.166. The maximum Gasteiger partial charge on any atom is 0.132 e. The highest BCUT2D eigenvalue weighted by molar-refractivity contribution is 6.04. The Balaban J connectivity index is 1.15. The van der Waals surface area contributed by atoms with E-state index in [-0.39, 0.29) is 0 Å². The Morgan fingerprint density at radius 2 is 0.764 bits per heavy atom. The third kappa shape index (κ3) is 3.42. The van der Waals surface area contributed by atoms with E-state index in [1.807, 2.05) is 0 Å². The van der Waals surface area contributed by atoms with Crippen LogP contribution in [0.3, 0.4) is 0 Å². The molecule has 0 aromatic heterocycles. The Morgan fingerprint density at radius 3 is 1.44 bits per heavy atom. The molecule has 4 aliphatic rings. The van der Waals surface area contributed by atoms with Crippen molar-refractivity contribution in [3.63, 3.8) is 0 Å². The summed E-state index contributed by atoms with van der Waals surface area (Å²) in [5, 5.41) is 2.58. The fourth-order valence-corrected chi connectivity index (χ4v) is 11.2. The molecule has 1 unspecified atom stereocenters. The van der Waals surface area contributed by atoms with E-state index in [0.717, 1.165) is 11.5 Å². The number of hydrogen-bond acceptors (Lipinski definition) is 1. The van der Waals surface area contributed by atoms with Crippen molar-refractivity contribution >= 4 is 10.8 Å². The highest BCUT2D eigenvalue weighted by Crippen LogP contribution is 2.66. The monoisotopic (exact) mass is 696 g/mol. The standard InChI is InChI=1S/C54H32O/c1-2-15-35-33(14-1)28-31-42-40-19-6-10-24-46(40)54(51(35)42)45-23-9-5-18-39(45)41-30-29-34(32-48(41)54)36-20-13-27-50-52(36)53(47-25-11-12-26-49(47)55-50)43-21-7-3-16-37(43)38-17-4-8-22-44(38)53/h1-32H. The molecule has 0 radical (unpaired) electrons. The van der Waals surface area contributed by atoms with Crippen molar-refractivity contribution in [3.8, 4) is 56.0 Å². The van der Waals surface area contributed by atoms with E-state index in [0.29, 0.717) is 0 Å². The van der Waals surface area contributed by atoms with E-state index >= 15 is 0 Å². The van der Waals surface area contributed by atoms with Gasteiger partial charge in [-0.05, 0) is 107 Å². The molecule has 0 saturated carbocycles. The van der Waals surface area contributed by atoms with Crippen molar-refractivity contribution in [2.45, 2.75) is 10.8 Å². The van der Waals surface area contributed by atoms with Gasteiger partial charge in [0.1, 0.15) is 11.5 Å². The second-order valence-corrected chi connectivity index (χ2v) is 15.4. The minimum absolute atomic E-state index is 0.475. The molecule has 2 spiro atoms. The third-order valence-corrected chi connectivity index (χ3v) is 13.1. The summed E-state index contributed by atoms with van der Waals surface area (Å²) in [5.74, 6) is 1.82. The maximum absolute atomic E-state index is 6.93. The Hall–Kier alpha value is -6.96.